The molecule has 0 aromatic carbocycles. The van der Waals surface area contributed by atoms with Crippen molar-refractivity contribution in [3.8, 4) is 0 Å². The fourth-order valence-electron chi connectivity index (χ4n) is 1.85. The van der Waals surface area contributed by atoms with Crippen LogP contribution in [0.25, 0.3) is 16.4 Å². The molecule has 0 aliphatic rings. The minimum absolute atomic E-state index is 0.184. The Bertz CT molecular complexity index is 784. The van der Waals surface area contributed by atoms with E-state index in [0.717, 1.165) is 5.39 Å². The summed E-state index contributed by atoms with van der Waals surface area (Å²) in [6.45, 7) is 2.03. The third kappa shape index (κ3) is 1.90. The molecule has 0 radical (unpaired) electrons. The van der Waals surface area contributed by atoms with E-state index in [1.54, 1.807) is 31.5 Å². The summed E-state index contributed by atoms with van der Waals surface area (Å²) in [5.41, 5.74) is 1.57. The Morgan fingerprint density at radius 1 is 1.53 bits per heavy atom. The van der Waals surface area contributed by atoms with Crippen LogP contribution in [-0.2, 0) is 4.74 Å². The summed E-state index contributed by atoms with van der Waals surface area (Å²) in [6, 6.07) is 3.37. The van der Waals surface area contributed by atoms with Crippen molar-refractivity contribution in [2.45, 2.75) is 6.92 Å². The predicted octanol–water partition coefficient (Wildman–Crippen LogP) is 2.11. The number of pyridine rings is 1. The van der Waals surface area contributed by atoms with Gasteiger partial charge in [-0.15, -0.1) is 0 Å². The van der Waals surface area contributed by atoms with Gasteiger partial charge < -0.3 is 4.74 Å². The number of carbonyl (C=O) groups is 1. The molecule has 0 fully saturated rings. The van der Waals surface area contributed by atoms with Crippen molar-refractivity contribution in [2.24, 2.45) is 0 Å². The Labute approximate surface area is 113 Å². The van der Waals surface area contributed by atoms with E-state index < -0.39 is 5.97 Å². The lowest BCUT2D eigenvalue weighted by Crippen LogP contribution is -2.05. The second-order valence-corrected chi connectivity index (χ2v) is 4.16. The fraction of sp³-hybridized carbons (Fsp3) is 0.167. The predicted molar refractivity (Wildman–Crippen MR) is 69.3 cm³/mol. The molecule has 3 heterocycles. The van der Waals surface area contributed by atoms with E-state index >= 15 is 0 Å². The molecule has 3 aromatic rings. The number of fused-ring (bicyclic) bond motifs is 3. The van der Waals surface area contributed by atoms with Crippen molar-refractivity contribution in [1.82, 2.24) is 19.6 Å². The maximum atomic E-state index is 11.7. The molecule has 0 unspecified atom stereocenters. The third-order valence-corrected chi connectivity index (χ3v) is 2.90. The van der Waals surface area contributed by atoms with Crippen LogP contribution >= 0.6 is 11.6 Å². The van der Waals surface area contributed by atoms with Gasteiger partial charge >= 0.3 is 5.97 Å². The van der Waals surface area contributed by atoms with Crippen molar-refractivity contribution in [1.29, 1.82) is 0 Å². The summed E-state index contributed by atoms with van der Waals surface area (Å²) in [7, 11) is 0. The normalized spacial score (nSPS) is 11.1. The maximum Gasteiger partial charge on any atom is 0.358 e. The third-order valence-electron chi connectivity index (χ3n) is 2.66. The number of nitrogens with zero attached hydrogens (tertiary/aromatic N) is 4. The Hall–Kier alpha value is -2.21. The Balaban J connectivity index is 2.29. The highest BCUT2D eigenvalue weighted by molar-refractivity contribution is 6.29. The number of hydrogen-bond donors (Lipinski definition) is 0. The number of aromatic nitrogens is 4. The van der Waals surface area contributed by atoms with Crippen molar-refractivity contribution < 1.29 is 9.53 Å². The van der Waals surface area contributed by atoms with Gasteiger partial charge in [0.1, 0.15) is 0 Å². The highest BCUT2D eigenvalue weighted by atomic mass is 35.5. The van der Waals surface area contributed by atoms with Crippen molar-refractivity contribution >= 4 is 34.0 Å². The molecule has 0 spiro atoms. The van der Waals surface area contributed by atoms with E-state index in [2.05, 4.69) is 15.1 Å². The van der Waals surface area contributed by atoms with Gasteiger partial charge in [-0.3, -0.25) is 4.98 Å². The minimum Gasteiger partial charge on any atom is -0.461 e. The largest absolute Gasteiger partial charge is 0.461 e. The fourth-order valence-corrected chi connectivity index (χ4v) is 2.07. The maximum absolute atomic E-state index is 11.7. The molecule has 0 saturated carbocycles. The summed E-state index contributed by atoms with van der Waals surface area (Å²) < 4.78 is 6.32. The quantitative estimate of drug-likeness (QED) is 0.530. The van der Waals surface area contributed by atoms with Crippen LogP contribution in [0, 0.1) is 0 Å². The summed E-state index contributed by atoms with van der Waals surface area (Å²) in [5.74, 6) is -0.487. The van der Waals surface area contributed by atoms with Crippen LogP contribution in [0.1, 0.15) is 17.4 Å². The van der Waals surface area contributed by atoms with Gasteiger partial charge in [-0.1, -0.05) is 0 Å². The molecule has 96 valence electrons. The van der Waals surface area contributed by atoms with Gasteiger partial charge in [-0.2, -0.15) is 5.10 Å². The molecule has 0 atom stereocenters. The van der Waals surface area contributed by atoms with E-state index in [1.807, 2.05) is 0 Å². The van der Waals surface area contributed by atoms with Crippen molar-refractivity contribution in [2.75, 3.05) is 6.61 Å². The van der Waals surface area contributed by atoms with Gasteiger partial charge in [0.05, 0.1) is 17.6 Å². The molecule has 7 heteroatoms. The Kier molecular flexibility index (Phi) is 2.79. The van der Waals surface area contributed by atoms with E-state index in [4.69, 9.17) is 16.3 Å². The highest BCUT2D eigenvalue weighted by Crippen LogP contribution is 2.22. The van der Waals surface area contributed by atoms with E-state index in [0.29, 0.717) is 17.6 Å². The smallest absolute Gasteiger partial charge is 0.358 e. The summed E-state index contributed by atoms with van der Waals surface area (Å²) >= 11 is 6.05. The minimum atomic E-state index is -0.487. The molecule has 0 bridgehead atoms. The topological polar surface area (TPSA) is 69.4 Å². The van der Waals surface area contributed by atoms with Gasteiger partial charge in [0.25, 0.3) is 0 Å². The lowest BCUT2D eigenvalue weighted by atomic mass is 10.2. The van der Waals surface area contributed by atoms with Crippen LogP contribution in [0.15, 0.2) is 24.5 Å². The molecule has 6 nitrogen and oxygen atoms in total. The van der Waals surface area contributed by atoms with Gasteiger partial charge in [-0.05, 0) is 30.7 Å². The molecule has 0 amide bonds. The van der Waals surface area contributed by atoms with Gasteiger partial charge in [0, 0.05) is 17.8 Å². The first-order valence-electron chi connectivity index (χ1n) is 5.67. The molecule has 0 saturated heterocycles. The van der Waals surface area contributed by atoms with E-state index in [9.17, 15) is 4.79 Å². The van der Waals surface area contributed by atoms with Gasteiger partial charge in [0.2, 0.25) is 5.28 Å². The average molecular weight is 277 g/mol. The van der Waals surface area contributed by atoms with Crippen molar-refractivity contribution in [3.05, 3.63) is 35.5 Å². The molecular formula is C12H9ClN4O2. The second-order valence-electron chi connectivity index (χ2n) is 3.82. The Morgan fingerprint density at radius 2 is 2.37 bits per heavy atom. The zero-order valence-electron chi connectivity index (χ0n) is 10.00. The van der Waals surface area contributed by atoms with E-state index in [-0.39, 0.29) is 11.0 Å². The molecule has 3 rings (SSSR count). The first kappa shape index (κ1) is 11.9. The number of hydrogen-bond acceptors (Lipinski definition) is 5. The second kappa shape index (κ2) is 4.47. The van der Waals surface area contributed by atoms with Crippen LogP contribution in [0.5, 0.6) is 0 Å². The molecule has 19 heavy (non-hydrogen) atoms. The zero-order chi connectivity index (χ0) is 13.4. The van der Waals surface area contributed by atoms with Crippen molar-refractivity contribution in [3.63, 3.8) is 0 Å². The lowest BCUT2D eigenvalue weighted by molar-refractivity contribution is 0.0519. The summed E-state index contributed by atoms with van der Waals surface area (Å²) in [4.78, 5) is 19.9. The first-order valence-corrected chi connectivity index (χ1v) is 6.04. The van der Waals surface area contributed by atoms with Crippen LogP contribution < -0.4 is 0 Å². The number of carbonyl (C=O) groups excluding carboxylic acids is 1. The monoisotopic (exact) mass is 276 g/mol. The first-order chi connectivity index (χ1) is 9.20. The molecule has 0 aliphatic carbocycles. The SMILES string of the molecule is CCOC(=O)c1cc2c3cnccc3nc(Cl)n2n1. The average Bonchev–Trinajstić information content (AvgIpc) is 2.85. The number of ether oxygens (including phenoxy) is 1. The highest BCUT2D eigenvalue weighted by Gasteiger charge is 2.15. The number of rotatable bonds is 2. The number of esters is 1. The summed E-state index contributed by atoms with van der Waals surface area (Å²) in [6.07, 6.45) is 3.29. The molecular weight excluding hydrogens is 268 g/mol. The standard InChI is InChI=1S/C12H9ClN4O2/c1-2-19-11(18)9-5-10-7-6-14-4-3-8(7)15-12(13)17(10)16-9/h3-6H,2H2,1H3. The van der Waals surface area contributed by atoms with Crippen LogP contribution in [-0.4, -0.2) is 32.2 Å². The van der Waals surface area contributed by atoms with E-state index in [1.165, 1.54) is 4.52 Å². The van der Waals surface area contributed by atoms with Crippen LogP contribution in [0.3, 0.4) is 0 Å². The van der Waals surface area contributed by atoms with Gasteiger partial charge in [0.15, 0.2) is 5.69 Å². The Morgan fingerprint density at radius 3 is 3.16 bits per heavy atom. The lowest BCUT2D eigenvalue weighted by Gasteiger charge is -2.00. The summed E-state index contributed by atoms with van der Waals surface area (Å²) in [5, 5.41) is 5.06. The number of halogens is 1. The molecule has 0 N–H and O–H groups in total. The zero-order valence-corrected chi connectivity index (χ0v) is 10.8. The molecule has 3 aromatic heterocycles. The van der Waals surface area contributed by atoms with Crippen LogP contribution in [0.2, 0.25) is 5.28 Å². The van der Waals surface area contributed by atoms with Gasteiger partial charge in [-0.25, -0.2) is 14.3 Å². The van der Waals surface area contributed by atoms with Crippen LogP contribution in [0.4, 0.5) is 0 Å². The molecule has 0 aliphatic heterocycles.